The third-order valence-corrected chi connectivity index (χ3v) is 2.52. The molecule has 0 aliphatic heterocycles. The summed E-state index contributed by atoms with van der Waals surface area (Å²) in [6.07, 6.45) is 0. The largest absolute Gasteiger partial charge is 0.346 e. The van der Waals surface area contributed by atoms with Crippen LogP contribution in [0, 0.1) is 0 Å². The lowest BCUT2D eigenvalue weighted by atomic mass is 10.1. The van der Waals surface area contributed by atoms with Gasteiger partial charge in [0, 0.05) is 27.7 Å². The number of halogens is 3. The third kappa shape index (κ3) is 5.13. The molecule has 3 nitrogen and oxygen atoms in total. The maximum atomic E-state index is 11.8. The van der Waals surface area contributed by atoms with Crippen LogP contribution in [0.15, 0.2) is 18.2 Å². The summed E-state index contributed by atoms with van der Waals surface area (Å²) in [6, 6.07) is 4.71. The highest BCUT2D eigenvalue weighted by Gasteiger charge is 2.19. The fourth-order valence-electron chi connectivity index (χ4n) is 1.12. The van der Waals surface area contributed by atoms with Gasteiger partial charge in [-0.3, -0.25) is 4.79 Å². The average molecular weight is 298 g/mol. The highest BCUT2D eigenvalue weighted by molar-refractivity contribution is 6.35. The van der Waals surface area contributed by atoms with Crippen LogP contribution >= 0.6 is 35.6 Å². The number of amides is 1. The Hall–Kier alpha value is -0.480. The van der Waals surface area contributed by atoms with Crippen LogP contribution in [0.25, 0.3) is 0 Å². The first-order valence-electron chi connectivity index (χ1n) is 4.83. The fraction of sp³-hybridized carbons (Fsp3) is 0.364. The molecule has 1 aromatic rings. The maximum Gasteiger partial charge on any atom is 0.251 e. The number of carbonyl (C=O) groups excluding carboxylic acids is 1. The van der Waals surface area contributed by atoms with E-state index in [4.69, 9.17) is 28.9 Å². The molecule has 3 N–H and O–H groups in total. The Labute approximate surface area is 117 Å². The predicted molar refractivity (Wildman–Crippen MR) is 74.3 cm³/mol. The van der Waals surface area contributed by atoms with Crippen LogP contribution in [0.3, 0.4) is 0 Å². The normalized spacial score (nSPS) is 10.6. The molecule has 0 saturated heterocycles. The van der Waals surface area contributed by atoms with Gasteiger partial charge in [0.2, 0.25) is 0 Å². The van der Waals surface area contributed by atoms with E-state index in [1.807, 2.05) is 13.8 Å². The van der Waals surface area contributed by atoms with Gasteiger partial charge in [-0.25, -0.2) is 0 Å². The van der Waals surface area contributed by atoms with E-state index in [9.17, 15) is 4.79 Å². The molecule has 0 radical (unpaired) electrons. The van der Waals surface area contributed by atoms with Gasteiger partial charge in [0.25, 0.3) is 5.91 Å². The second-order valence-electron chi connectivity index (χ2n) is 4.20. The lowest BCUT2D eigenvalue weighted by Crippen LogP contribution is -2.48. The highest BCUT2D eigenvalue weighted by atomic mass is 35.5. The van der Waals surface area contributed by atoms with Crippen molar-refractivity contribution in [2.75, 3.05) is 6.54 Å². The molecule has 0 aliphatic rings. The van der Waals surface area contributed by atoms with Crippen LogP contribution < -0.4 is 11.1 Å². The Morgan fingerprint density at radius 2 is 1.76 bits per heavy atom. The molecular weight excluding hydrogens is 282 g/mol. The van der Waals surface area contributed by atoms with E-state index in [0.29, 0.717) is 22.2 Å². The second kappa shape index (κ2) is 6.45. The Kier molecular flexibility index (Phi) is 6.27. The first-order valence-corrected chi connectivity index (χ1v) is 5.58. The zero-order chi connectivity index (χ0) is 12.3. The molecule has 0 atom stereocenters. The highest BCUT2D eigenvalue weighted by Crippen LogP contribution is 2.19. The summed E-state index contributed by atoms with van der Waals surface area (Å²) in [7, 11) is 0. The maximum absolute atomic E-state index is 11.8. The van der Waals surface area contributed by atoms with Crippen LogP contribution in [0.1, 0.15) is 24.2 Å². The summed E-state index contributed by atoms with van der Waals surface area (Å²) in [5.41, 5.74) is 5.50. The molecule has 0 fully saturated rings. The zero-order valence-electron chi connectivity index (χ0n) is 9.59. The summed E-state index contributed by atoms with van der Waals surface area (Å²) >= 11 is 11.6. The number of hydrogen-bond acceptors (Lipinski definition) is 2. The van der Waals surface area contributed by atoms with Crippen molar-refractivity contribution in [3.8, 4) is 0 Å². The van der Waals surface area contributed by atoms with E-state index in [1.54, 1.807) is 18.2 Å². The van der Waals surface area contributed by atoms with Crippen molar-refractivity contribution in [1.29, 1.82) is 0 Å². The number of hydrogen-bond donors (Lipinski definition) is 2. The Morgan fingerprint density at radius 3 is 2.18 bits per heavy atom. The Bertz CT molecular complexity index is 387. The monoisotopic (exact) mass is 296 g/mol. The summed E-state index contributed by atoms with van der Waals surface area (Å²) in [4.78, 5) is 11.8. The molecule has 17 heavy (non-hydrogen) atoms. The van der Waals surface area contributed by atoms with Gasteiger partial charge >= 0.3 is 0 Å². The van der Waals surface area contributed by atoms with Gasteiger partial charge in [0.1, 0.15) is 0 Å². The molecule has 1 amide bonds. The molecule has 0 aromatic heterocycles. The average Bonchev–Trinajstić information content (AvgIpc) is 2.15. The minimum Gasteiger partial charge on any atom is -0.346 e. The van der Waals surface area contributed by atoms with Crippen molar-refractivity contribution in [3.63, 3.8) is 0 Å². The predicted octanol–water partition coefficient (Wildman–Crippen LogP) is 2.88. The minimum atomic E-state index is -0.453. The van der Waals surface area contributed by atoms with Crippen LogP contribution in [-0.4, -0.2) is 18.0 Å². The zero-order valence-corrected chi connectivity index (χ0v) is 11.9. The topological polar surface area (TPSA) is 55.1 Å². The van der Waals surface area contributed by atoms with Gasteiger partial charge in [0.05, 0.1) is 0 Å². The van der Waals surface area contributed by atoms with Crippen LogP contribution in [-0.2, 0) is 0 Å². The molecule has 0 unspecified atom stereocenters. The molecule has 0 spiro atoms. The van der Waals surface area contributed by atoms with Crippen molar-refractivity contribution < 1.29 is 4.79 Å². The first-order chi connectivity index (χ1) is 7.34. The third-order valence-electron chi connectivity index (χ3n) is 2.09. The first kappa shape index (κ1) is 16.5. The van der Waals surface area contributed by atoms with Crippen molar-refractivity contribution in [1.82, 2.24) is 5.32 Å². The van der Waals surface area contributed by atoms with E-state index in [0.717, 1.165) is 0 Å². The molecule has 0 saturated carbocycles. The Morgan fingerprint density at radius 1 is 1.29 bits per heavy atom. The van der Waals surface area contributed by atoms with Gasteiger partial charge in [-0.2, -0.15) is 0 Å². The van der Waals surface area contributed by atoms with Crippen molar-refractivity contribution >= 4 is 41.5 Å². The summed E-state index contributed by atoms with van der Waals surface area (Å²) in [5.74, 6) is -0.236. The van der Waals surface area contributed by atoms with Gasteiger partial charge in [-0.1, -0.05) is 23.2 Å². The van der Waals surface area contributed by atoms with E-state index in [-0.39, 0.29) is 18.3 Å². The Balaban J connectivity index is 0.00000256. The number of benzene rings is 1. The molecule has 0 bridgehead atoms. The molecule has 1 aromatic carbocycles. The van der Waals surface area contributed by atoms with Gasteiger partial charge in [-0.15, -0.1) is 12.4 Å². The molecule has 96 valence electrons. The van der Waals surface area contributed by atoms with Crippen LogP contribution in [0.5, 0.6) is 0 Å². The SMILES string of the molecule is CC(C)(CN)NC(=O)c1cc(Cl)cc(Cl)c1.Cl. The van der Waals surface area contributed by atoms with Crippen molar-refractivity contribution in [2.45, 2.75) is 19.4 Å². The summed E-state index contributed by atoms with van der Waals surface area (Å²) in [5, 5.41) is 3.66. The van der Waals surface area contributed by atoms with Crippen molar-refractivity contribution in [2.24, 2.45) is 5.73 Å². The second-order valence-corrected chi connectivity index (χ2v) is 5.07. The number of nitrogens with two attached hydrogens (primary N) is 1. The van der Waals surface area contributed by atoms with Crippen LogP contribution in [0.4, 0.5) is 0 Å². The van der Waals surface area contributed by atoms with Gasteiger partial charge in [0.15, 0.2) is 0 Å². The minimum absolute atomic E-state index is 0. The van der Waals surface area contributed by atoms with E-state index in [2.05, 4.69) is 5.32 Å². The lowest BCUT2D eigenvalue weighted by molar-refractivity contribution is 0.0915. The number of rotatable bonds is 3. The van der Waals surface area contributed by atoms with E-state index >= 15 is 0 Å². The number of nitrogens with one attached hydrogen (secondary N) is 1. The number of carbonyl (C=O) groups is 1. The molecular formula is C11H15Cl3N2O. The smallest absolute Gasteiger partial charge is 0.251 e. The molecule has 6 heteroatoms. The quantitative estimate of drug-likeness (QED) is 0.901. The van der Waals surface area contributed by atoms with E-state index < -0.39 is 5.54 Å². The molecule has 0 heterocycles. The molecule has 0 aliphatic carbocycles. The molecule has 1 rings (SSSR count). The van der Waals surface area contributed by atoms with E-state index in [1.165, 1.54) is 0 Å². The van der Waals surface area contributed by atoms with Crippen molar-refractivity contribution in [3.05, 3.63) is 33.8 Å². The fourth-order valence-corrected chi connectivity index (χ4v) is 1.64. The van der Waals surface area contributed by atoms with Gasteiger partial charge < -0.3 is 11.1 Å². The summed E-state index contributed by atoms with van der Waals surface area (Å²) < 4.78 is 0. The van der Waals surface area contributed by atoms with Crippen LogP contribution in [0.2, 0.25) is 10.0 Å². The standard InChI is InChI=1S/C11H14Cl2N2O.ClH/c1-11(2,6-14)15-10(16)7-3-8(12)5-9(13)4-7;/h3-5H,6,14H2,1-2H3,(H,15,16);1H. The lowest BCUT2D eigenvalue weighted by Gasteiger charge is -2.24. The summed E-state index contributed by atoms with van der Waals surface area (Å²) in [6.45, 7) is 4.04. The van der Waals surface area contributed by atoms with Gasteiger partial charge in [-0.05, 0) is 32.0 Å².